The van der Waals surface area contributed by atoms with E-state index < -0.39 is 0 Å². The van der Waals surface area contributed by atoms with Crippen molar-refractivity contribution in [1.29, 1.82) is 0 Å². The summed E-state index contributed by atoms with van der Waals surface area (Å²) in [6.45, 7) is 3.99. The second-order valence-corrected chi connectivity index (χ2v) is 1.95. The van der Waals surface area contributed by atoms with Crippen molar-refractivity contribution in [3.05, 3.63) is 0 Å². The topological polar surface area (TPSA) is 21.6 Å². The Balaban J connectivity index is 2.42. The summed E-state index contributed by atoms with van der Waals surface area (Å²) in [5.41, 5.74) is 1.10. The van der Waals surface area contributed by atoms with E-state index in [0.717, 1.165) is 12.1 Å². The summed E-state index contributed by atoms with van der Waals surface area (Å²) in [6, 6.07) is 0. The standard InChI is InChI=1S/C5H9NO/c1-4-3-5(2)7-6-4/h5H,3H2,1-2H3/t5-/m1/s1. The van der Waals surface area contributed by atoms with Crippen LogP contribution in [-0.2, 0) is 4.84 Å². The van der Waals surface area contributed by atoms with Gasteiger partial charge in [-0.15, -0.1) is 0 Å². The molecule has 1 aliphatic heterocycles. The first-order valence-electron chi connectivity index (χ1n) is 2.48. The Hall–Kier alpha value is -0.530. The third-order valence-electron chi connectivity index (χ3n) is 0.971. The molecule has 0 aliphatic carbocycles. The van der Waals surface area contributed by atoms with Gasteiger partial charge in [-0.2, -0.15) is 0 Å². The molecular weight excluding hydrogens is 90.1 g/mol. The highest BCUT2D eigenvalue weighted by atomic mass is 16.6. The van der Waals surface area contributed by atoms with Gasteiger partial charge in [-0.3, -0.25) is 0 Å². The maximum atomic E-state index is 4.85. The molecule has 1 heterocycles. The summed E-state index contributed by atoms with van der Waals surface area (Å²) in [7, 11) is 0. The van der Waals surface area contributed by atoms with E-state index in [1.807, 2.05) is 13.8 Å². The Labute approximate surface area is 43.2 Å². The van der Waals surface area contributed by atoms with Crippen molar-refractivity contribution >= 4 is 5.71 Å². The minimum Gasteiger partial charge on any atom is -0.392 e. The van der Waals surface area contributed by atoms with Gasteiger partial charge in [0, 0.05) is 6.42 Å². The van der Waals surface area contributed by atoms with Gasteiger partial charge < -0.3 is 4.84 Å². The zero-order chi connectivity index (χ0) is 5.28. The molecule has 0 N–H and O–H groups in total. The smallest absolute Gasteiger partial charge is 0.130 e. The number of hydrogen-bond acceptors (Lipinski definition) is 2. The van der Waals surface area contributed by atoms with Crippen molar-refractivity contribution in [3.8, 4) is 0 Å². The van der Waals surface area contributed by atoms with Crippen molar-refractivity contribution in [1.82, 2.24) is 0 Å². The molecule has 7 heavy (non-hydrogen) atoms. The number of nitrogens with zero attached hydrogens (tertiary/aromatic N) is 1. The van der Waals surface area contributed by atoms with Gasteiger partial charge in [0.2, 0.25) is 0 Å². The van der Waals surface area contributed by atoms with E-state index >= 15 is 0 Å². The van der Waals surface area contributed by atoms with Crippen molar-refractivity contribution < 1.29 is 4.84 Å². The average molecular weight is 99.1 g/mol. The molecule has 2 nitrogen and oxygen atoms in total. The molecule has 0 aromatic carbocycles. The number of oxime groups is 1. The minimum absolute atomic E-state index is 0.319. The van der Waals surface area contributed by atoms with Crippen LogP contribution in [0, 0.1) is 0 Å². The highest BCUT2D eigenvalue weighted by molar-refractivity contribution is 5.82. The molecule has 1 atom stereocenters. The zero-order valence-electron chi connectivity index (χ0n) is 4.64. The summed E-state index contributed by atoms with van der Waals surface area (Å²) in [5, 5.41) is 3.73. The zero-order valence-corrected chi connectivity index (χ0v) is 4.64. The molecule has 0 amide bonds. The molecule has 0 radical (unpaired) electrons. The van der Waals surface area contributed by atoms with E-state index in [1.165, 1.54) is 0 Å². The molecule has 0 saturated heterocycles. The minimum atomic E-state index is 0.319. The van der Waals surface area contributed by atoms with Gasteiger partial charge in [0.1, 0.15) is 6.10 Å². The summed E-state index contributed by atoms with van der Waals surface area (Å²) >= 11 is 0. The van der Waals surface area contributed by atoms with E-state index in [4.69, 9.17) is 4.84 Å². The Morgan fingerprint density at radius 3 is 2.71 bits per heavy atom. The average Bonchev–Trinajstić information content (AvgIpc) is 1.87. The molecule has 0 bridgehead atoms. The van der Waals surface area contributed by atoms with Gasteiger partial charge in [-0.1, -0.05) is 5.16 Å². The van der Waals surface area contributed by atoms with Crippen molar-refractivity contribution in [2.24, 2.45) is 5.16 Å². The lowest BCUT2D eigenvalue weighted by atomic mass is 10.2. The Bertz CT molecular complexity index is 98.3. The Morgan fingerprint density at radius 2 is 2.57 bits per heavy atom. The normalized spacial score (nSPS) is 29.4. The van der Waals surface area contributed by atoms with E-state index in [2.05, 4.69) is 5.16 Å². The molecule has 0 fully saturated rings. The largest absolute Gasteiger partial charge is 0.392 e. The van der Waals surface area contributed by atoms with Gasteiger partial charge >= 0.3 is 0 Å². The molecule has 0 spiro atoms. The first-order valence-corrected chi connectivity index (χ1v) is 2.48. The quantitative estimate of drug-likeness (QED) is 0.446. The van der Waals surface area contributed by atoms with E-state index in [1.54, 1.807) is 0 Å². The van der Waals surface area contributed by atoms with Gasteiger partial charge in [0.05, 0.1) is 5.71 Å². The van der Waals surface area contributed by atoms with Crippen molar-refractivity contribution in [2.75, 3.05) is 0 Å². The third kappa shape index (κ3) is 0.918. The second-order valence-electron chi connectivity index (χ2n) is 1.95. The van der Waals surface area contributed by atoms with E-state index in [9.17, 15) is 0 Å². The van der Waals surface area contributed by atoms with Gasteiger partial charge in [0.15, 0.2) is 0 Å². The van der Waals surface area contributed by atoms with Gasteiger partial charge in [-0.05, 0) is 13.8 Å². The molecule has 0 aromatic rings. The first kappa shape index (κ1) is 4.62. The van der Waals surface area contributed by atoms with Crippen LogP contribution >= 0.6 is 0 Å². The summed E-state index contributed by atoms with van der Waals surface area (Å²) < 4.78 is 0. The monoisotopic (exact) mass is 99.1 g/mol. The fourth-order valence-electron chi connectivity index (χ4n) is 0.670. The summed E-state index contributed by atoms with van der Waals surface area (Å²) in [4.78, 5) is 4.85. The highest BCUT2D eigenvalue weighted by Gasteiger charge is 2.10. The highest BCUT2D eigenvalue weighted by Crippen LogP contribution is 2.07. The first-order chi connectivity index (χ1) is 3.29. The molecule has 0 saturated carbocycles. The molecule has 1 aliphatic rings. The molecule has 2 heteroatoms. The SMILES string of the molecule is CC1=NO[C@H](C)C1. The molecular formula is C5H9NO. The van der Waals surface area contributed by atoms with E-state index in [-0.39, 0.29) is 0 Å². The molecule has 1 rings (SSSR count). The van der Waals surface area contributed by atoms with Crippen LogP contribution in [0.25, 0.3) is 0 Å². The van der Waals surface area contributed by atoms with E-state index in [0.29, 0.717) is 6.10 Å². The fourth-order valence-corrected chi connectivity index (χ4v) is 0.670. The second kappa shape index (κ2) is 1.52. The summed E-state index contributed by atoms with van der Waals surface area (Å²) in [6.07, 6.45) is 1.32. The van der Waals surface area contributed by atoms with Crippen LogP contribution < -0.4 is 0 Å². The maximum absolute atomic E-state index is 4.85. The lowest BCUT2D eigenvalue weighted by molar-refractivity contribution is 0.0995. The van der Waals surface area contributed by atoms with Crippen molar-refractivity contribution in [3.63, 3.8) is 0 Å². The van der Waals surface area contributed by atoms with Crippen LogP contribution in [0.3, 0.4) is 0 Å². The summed E-state index contributed by atoms with van der Waals surface area (Å²) in [5.74, 6) is 0. The van der Waals surface area contributed by atoms with Crippen LogP contribution in [0.2, 0.25) is 0 Å². The lowest BCUT2D eigenvalue weighted by Gasteiger charge is -1.93. The Morgan fingerprint density at radius 1 is 1.86 bits per heavy atom. The van der Waals surface area contributed by atoms with Crippen LogP contribution in [0.15, 0.2) is 5.16 Å². The van der Waals surface area contributed by atoms with Crippen LogP contribution in [0.1, 0.15) is 20.3 Å². The fraction of sp³-hybridized carbons (Fsp3) is 0.800. The van der Waals surface area contributed by atoms with Crippen LogP contribution in [0.4, 0.5) is 0 Å². The third-order valence-corrected chi connectivity index (χ3v) is 0.971. The predicted octanol–water partition coefficient (Wildman–Crippen LogP) is 1.17. The van der Waals surface area contributed by atoms with Crippen molar-refractivity contribution in [2.45, 2.75) is 26.4 Å². The number of rotatable bonds is 0. The molecule has 0 unspecified atom stereocenters. The number of hydrogen-bond donors (Lipinski definition) is 0. The van der Waals surface area contributed by atoms with Gasteiger partial charge in [-0.25, -0.2) is 0 Å². The van der Waals surface area contributed by atoms with Crippen LogP contribution in [0.5, 0.6) is 0 Å². The maximum Gasteiger partial charge on any atom is 0.130 e. The molecule has 0 aromatic heterocycles. The lowest BCUT2D eigenvalue weighted by Crippen LogP contribution is -1.97. The van der Waals surface area contributed by atoms with Gasteiger partial charge in [0.25, 0.3) is 0 Å². The Kier molecular flexibility index (Phi) is 1.01. The molecule has 40 valence electrons. The predicted molar refractivity (Wildman–Crippen MR) is 28.3 cm³/mol. The van der Waals surface area contributed by atoms with Crippen LogP contribution in [-0.4, -0.2) is 11.8 Å².